The molecular weight excluding hydrogens is 290 g/mol. The summed E-state index contributed by atoms with van der Waals surface area (Å²) in [6, 6.07) is 10.7. The van der Waals surface area contributed by atoms with Crippen LogP contribution in [-0.4, -0.2) is 31.6 Å². The average Bonchev–Trinajstić information content (AvgIpc) is 2.47. The Kier molecular flexibility index (Phi) is 5.07. The van der Waals surface area contributed by atoms with E-state index in [0.717, 1.165) is 44.5 Å². The summed E-state index contributed by atoms with van der Waals surface area (Å²) < 4.78 is 5.51. The van der Waals surface area contributed by atoms with Gasteiger partial charge in [-0.25, -0.2) is 0 Å². The molecule has 0 amide bonds. The van der Waals surface area contributed by atoms with Crippen molar-refractivity contribution in [2.24, 2.45) is 5.41 Å². The molecule has 100 valence electrons. The molecule has 0 radical (unpaired) electrons. The van der Waals surface area contributed by atoms with Crippen molar-refractivity contribution < 1.29 is 4.74 Å². The van der Waals surface area contributed by atoms with E-state index in [0.29, 0.717) is 5.41 Å². The Hall–Kier alpha value is -0.540. The maximum atomic E-state index is 5.51. The average molecular weight is 312 g/mol. The lowest BCUT2D eigenvalue weighted by Crippen LogP contribution is -2.42. The highest BCUT2D eigenvalue weighted by Gasteiger charge is 2.33. The Morgan fingerprint density at radius 2 is 1.89 bits per heavy atom. The number of halogens is 1. The summed E-state index contributed by atoms with van der Waals surface area (Å²) >= 11 is 3.72. The quantitative estimate of drug-likeness (QED) is 0.769. The summed E-state index contributed by atoms with van der Waals surface area (Å²) in [5.41, 5.74) is 1.69. The highest BCUT2D eigenvalue weighted by atomic mass is 79.9. The molecule has 1 aliphatic rings. The van der Waals surface area contributed by atoms with Gasteiger partial charge in [-0.3, -0.25) is 0 Å². The minimum atomic E-state index is 0.365. The van der Waals surface area contributed by atoms with Crippen molar-refractivity contribution in [2.45, 2.75) is 19.8 Å². The normalized spacial score (nSPS) is 18.6. The summed E-state index contributed by atoms with van der Waals surface area (Å²) in [7, 11) is 0. The van der Waals surface area contributed by atoms with Crippen LogP contribution in [0.2, 0.25) is 0 Å². The highest BCUT2D eigenvalue weighted by molar-refractivity contribution is 9.09. The number of para-hydroxylation sites is 1. The molecule has 0 aromatic heterocycles. The third kappa shape index (κ3) is 3.27. The Morgan fingerprint density at radius 1 is 1.22 bits per heavy atom. The van der Waals surface area contributed by atoms with Crippen molar-refractivity contribution in [3.05, 3.63) is 30.3 Å². The molecule has 18 heavy (non-hydrogen) atoms. The molecule has 0 aliphatic carbocycles. The maximum Gasteiger partial charge on any atom is 0.0472 e. The van der Waals surface area contributed by atoms with Crippen molar-refractivity contribution in [3.8, 4) is 0 Å². The van der Waals surface area contributed by atoms with Crippen LogP contribution in [0.3, 0.4) is 0 Å². The molecule has 3 heteroatoms. The molecule has 1 fully saturated rings. The van der Waals surface area contributed by atoms with Gasteiger partial charge in [-0.05, 0) is 31.9 Å². The van der Waals surface area contributed by atoms with Crippen LogP contribution >= 0.6 is 15.9 Å². The molecule has 0 bridgehead atoms. The first kappa shape index (κ1) is 13.9. The second-order valence-corrected chi connectivity index (χ2v) is 5.66. The van der Waals surface area contributed by atoms with Gasteiger partial charge in [-0.15, -0.1) is 0 Å². The van der Waals surface area contributed by atoms with Gasteiger partial charge in [0.05, 0.1) is 0 Å². The summed E-state index contributed by atoms with van der Waals surface area (Å²) in [5, 5.41) is 1.06. The summed E-state index contributed by atoms with van der Waals surface area (Å²) in [6.45, 7) is 6.20. The van der Waals surface area contributed by atoms with E-state index in [1.807, 2.05) is 0 Å². The number of rotatable bonds is 5. The van der Waals surface area contributed by atoms with E-state index in [1.165, 1.54) is 5.69 Å². The minimum absolute atomic E-state index is 0.365. The Balaban J connectivity index is 2.09. The number of nitrogens with zero attached hydrogens (tertiary/aromatic N) is 1. The molecule has 2 rings (SSSR count). The van der Waals surface area contributed by atoms with Crippen molar-refractivity contribution in [2.75, 3.05) is 36.5 Å². The Labute approximate surface area is 118 Å². The molecular formula is C15H22BrNO. The standard InChI is InChI=1S/C15H22BrNO/c1-2-17(14-6-4-3-5-7-14)13-15(12-16)8-10-18-11-9-15/h3-7H,2,8-13H2,1H3. The van der Waals surface area contributed by atoms with Crippen LogP contribution in [0.4, 0.5) is 5.69 Å². The fraction of sp³-hybridized carbons (Fsp3) is 0.600. The summed E-state index contributed by atoms with van der Waals surface area (Å²) in [5.74, 6) is 0. The predicted octanol–water partition coefficient (Wildman–Crippen LogP) is 3.70. The highest BCUT2D eigenvalue weighted by Crippen LogP contribution is 2.34. The molecule has 0 unspecified atom stereocenters. The minimum Gasteiger partial charge on any atom is -0.381 e. The number of hydrogen-bond donors (Lipinski definition) is 0. The van der Waals surface area contributed by atoms with Crippen LogP contribution in [0.25, 0.3) is 0 Å². The van der Waals surface area contributed by atoms with E-state index in [1.54, 1.807) is 0 Å². The number of ether oxygens (including phenoxy) is 1. The molecule has 1 aromatic rings. The topological polar surface area (TPSA) is 12.5 Å². The van der Waals surface area contributed by atoms with Crippen LogP contribution in [0.5, 0.6) is 0 Å². The first-order chi connectivity index (χ1) is 8.79. The van der Waals surface area contributed by atoms with Gasteiger partial charge in [0.25, 0.3) is 0 Å². The lowest BCUT2D eigenvalue weighted by Gasteiger charge is -2.40. The van der Waals surface area contributed by atoms with Crippen LogP contribution in [-0.2, 0) is 4.74 Å². The fourth-order valence-electron chi connectivity index (χ4n) is 2.57. The first-order valence-corrected chi connectivity index (χ1v) is 7.85. The third-order valence-electron chi connectivity index (χ3n) is 3.87. The molecule has 1 heterocycles. The summed E-state index contributed by atoms with van der Waals surface area (Å²) in [6.07, 6.45) is 2.31. The van der Waals surface area contributed by atoms with Crippen molar-refractivity contribution >= 4 is 21.6 Å². The van der Waals surface area contributed by atoms with Crippen LogP contribution in [0.1, 0.15) is 19.8 Å². The van der Waals surface area contributed by atoms with Crippen LogP contribution in [0.15, 0.2) is 30.3 Å². The molecule has 1 aromatic carbocycles. The molecule has 0 atom stereocenters. The van der Waals surface area contributed by atoms with Gasteiger partial charge in [0, 0.05) is 42.7 Å². The SMILES string of the molecule is CCN(CC1(CBr)CCOCC1)c1ccccc1. The molecule has 0 spiro atoms. The first-order valence-electron chi connectivity index (χ1n) is 6.73. The smallest absolute Gasteiger partial charge is 0.0472 e. The van der Waals surface area contributed by atoms with E-state index in [9.17, 15) is 0 Å². The van der Waals surface area contributed by atoms with Crippen molar-refractivity contribution in [1.82, 2.24) is 0 Å². The van der Waals surface area contributed by atoms with Gasteiger partial charge in [0.1, 0.15) is 0 Å². The lowest BCUT2D eigenvalue weighted by molar-refractivity contribution is 0.0301. The van der Waals surface area contributed by atoms with Gasteiger partial charge in [-0.2, -0.15) is 0 Å². The van der Waals surface area contributed by atoms with E-state index >= 15 is 0 Å². The van der Waals surface area contributed by atoms with E-state index in [2.05, 4.69) is 58.1 Å². The molecule has 0 saturated carbocycles. The zero-order valence-corrected chi connectivity index (χ0v) is 12.7. The van der Waals surface area contributed by atoms with Gasteiger partial charge in [0.15, 0.2) is 0 Å². The lowest BCUT2D eigenvalue weighted by atomic mass is 9.81. The van der Waals surface area contributed by atoms with Crippen LogP contribution < -0.4 is 4.90 Å². The van der Waals surface area contributed by atoms with Gasteiger partial charge in [0.2, 0.25) is 0 Å². The largest absolute Gasteiger partial charge is 0.381 e. The van der Waals surface area contributed by atoms with Gasteiger partial charge >= 0.3 is 0 Å². The predicted molar refractivity (Wildman–Crippen MR) is 80.6 cm³/mol. The van der Waals surface area contributed by atoms with Crippen molar-refractivity contribution in [1.29, 1.82) is 0 Å². The third-order valence-corrected chi connectivity index (χ3v) is 5.06. The number of benzene rings is 1. The maximum absolute atomic E-state index is 5.51. The fourth-order valence-corrected chi connectivity index (χ4v) is 3.31. The molecule has 0 N–H and O–H groups in total. The molecule has 1 saturated heterocycles. The molecule has 2 nitrogen and oxygen atoms in total. The van der Waals surface area contributed by atoms with Crippen LogP contribution in [0, 0.1) is 5.41 Å². The Morgan fingerprint density at radius 3 is 2.44 bits per heavy atom. The molecule has 1 aliphatic heterocycles. The van der Waals surface area contributed by atoms with E-state index in [4.69, 9.17) is 4.74 Å². The van der Waals surface area contributed by atoms with E-state index in [-0.39, 0.29) is 0 Å². The Bertz CT molecular complexity index is 349. The number of anilines is 1. The summed E-state index contributed by atoms with van der Waals surface area (Å²) in [4.78, 5) is 2.48. The second-order valence-electron chi connectivity index (χ2n) is 5.10. The monoisotopic (exact) mass is 311 g/mol. The number of hydrogen-bond acceptors (Lipinski definition) is 2. The van der Waals surface area contributed by atoms with Crippen molar-refractivity contribution in [3.63, 3.8) is 0 Å². The second kappa shape index (κ2) is 6.58. The van der Waals surface area contributed by atoms with Gasteiger partial charge < -0.3 is 9.64 Å². The zero-order valence-electron chi connectivity index (χ0n) is 11.1. The number of alkyl halides is 1. The zero-order chi connectivity index (χ0) is 12.8. The van der Waals surface area contributed by atoms with E-state index < -0.39 is 0 Å². The van der Waals surface area contributed by atoms with Gasteiger partial charge in [-0.1, -0.05) is 34.1 Å².